The molecule has 2 aliphatic carbocycles. The van der Waals surface area contributed by atoms with Crippen molar-refractivity contribution < 1.29 is 37.8 Å². The summed E-state index contributed by atoms with van der Waals surface area (Å²) in [6.07, 6.45) is 9.13. The summed E-state index contributed by atoms with van der Waals surface area (Å²) in [7, 11) is -3.11. The molecule has 0 spiro atoms. The second-order valence-corrected chi connectivity index (χ2v) is 14.6. The first-order chi connectivity index (χ1) is 19.4. The van der Waals surface area contributed by atoms with Gasteiger partial charge in [0.05, 0.1) is 37.3 Å². The van der Waals surface area contributed by atoms with Gasteiger partial charge in [-0.05, 0) is 76.7 Å². The maximum Gasteiger partial charge on any atom is 0.331 e. The number of hydrogen-bond acceptors (Lipinski definition) is 9. The number of carbonyl (C=O) groups is 2. The van der Waals surface area contributed by atoms with Crippen LogP contribution >= 0.6 is 7.60 Å². The van der Waals surface area contributed by atoms with E-state index in [0.29, 0.717) is 58.1 Å². The third-order valence-corrected chi connectivity index (χ3v) is 10.9. The van der Waals surface area contributed by atoms with E-state index >= 15 is 0 Å². The molecule has 1 heterocycles. The summed E-state index contributed by atoms with van der Waals surface area (Å²) < 4.78 is 35.5. The molecule has 0 saturated carbocycles. The topological polar surface area (TPSA) is 120 Å². The largest absolute Gasteiger partial charge is 0.462 e. The number of ether oxygens (including phenoxy) is 2. The third-order valence-electron chi connectivity index (χ3n) is 8.85. The summed E-state index contributed by atoms with van der Waals surface area (Å²) in [4.78, 5) is 25.2. The van der Waals surface area contributed by atoms with Crippen LogP contribution in [-0.4, -0.2) is 67.8 Å². The molecule has 0 radical (unpaired) electrons. The molecule has 0 aromatic carbocycles. The van der Waals surface area contributed by atoms with Crippen LogP contribution in [0.5, 0.6) is 0 Å². The molecular formula is C31H52NO8P. The van der Waals surface area contributed by atoms with E-state index in [-0.39, 0.29) is 54.2 Å². The molecular weight excluding hydrogens is 545 g/mol. The minimum Gasteiger partial charge on any atom is -0.462 e. The molecule has 1 saturated heterocycles. The minimum absolute atomic E-state index is 0.0446. The summed E-state index contributed by atoms with van der Waals surface area (Å²) >= 11 is 0. The quantitative estimate of drug-likeness (QED) is 0.145. The molecule has 0 unspecified atom stereocenters. The fraction of sp³-hybridized carbons (Fsp3) is 0.806. The average molecular weight is 598 g/mol. The van der Waals surface area contributed by atoms with E-state index in [1.54, 1.807) is 0 Å². The summed E-state index contributed by atoms with van der Waals surface area (Å²) in [5.74, 6) is 0.133. The van der Waals surface area contributed by atoms with Crippen molar-refractivity contribution in [2.24, 2.45) is 29.1 Å². The summed E-state index contributed by atoms with van der Waals surface area (Å²) in [6, 6.07) is 0. The molecule has 0 bridgehead atoms. The van der Waals surface area contributed by atoms with E-state index in [2.05, 4.69) is 30.5 Å². The lowest BCUT2D eigenvalue weighted by molar-refractivity contribution is -0.166. The maximum absolute atomic E-state index is 13.3. The zero-order chi connectivity index (χ0) is 30.2. The highest BCUT2D eigenvalue weighted by molar-refractivity contribution is 7.53. The predicted octanol–water partition coefficient (Wildman–Crippen LogP) is 5.42. The van der Waals surface area contributed by atoms with Gasteiger partial charge in [0.15, 0.2) is 0 Å². The van der Waals surface area contributed by atoms with Crippen LogP contribution in [0.1, 0.15) is 80.1 Å². The van der Waals surface area contributed by atoms with Crippen LogP contribution in [-0.2, 0) is 32.7 Å². The highest BCUT2D eigenvalue weighted by Gasteiger charge is 2.44. The number of rotatable bonds is 15. The van der Waals surface area contributed by atoms with Crippen LogP contribution in [0.2, 0.25) is 0 Å². The summed E-state index contributed by atoms with van der Waals surface area (Å²) in [5, 5.41) is 13.5. The number of fused-ring (bicyclic) bond motifs is 1. The first-order valence-corrected chi connectivity index (χ1v) is 17.2. The SMILES string of the molecule is CCOP(=O)(CCNC[C@H]1C=C2C=C[C@H](C)[C@H](CC[C@@H]3C[C@@H](O)CC(=O)O3)[C@H]2[C@@H](OC(=O)C(C)(C)CC)C1)OCC. The number of hydrogen-bond donors (Lipinski definition) is 2. The smallest absolute Gasteiger partial charge is 0.331 e. The van der Waals surface area contributed by atoms with Crippen LogP contribution in [0.4, 0.5) is 0 Å². The van der Waals surface area contributed by atoms with Crippen molar-refractivity contribution in [1.82, 2.24) is 5.32 Å². The Morgan fingerprint density at radius 3 is 2.51 bits per heavy atom. The Labute approximate surface area is 246 Å². The fourth-order valence-corrected chi connectivity index (χ4v) is 7.71. The van der Waals surface area contributed by atoms with Crippen LogP contribution in [0.25, 0.3) is 0 Å². The number of allylic oxidation sites excluding steroid dienone is 2. The van der Waals surface area contributed by atoms with E-state index < -0.39 is 19.1 Å². The molecule has 7 atom stereocenters. The van der Waals surface area contributed by atoms with Gasteiger partial charge < -0.3 is 28.9 Å². The molecule has 9 nitrogen and oxygen atoms in total. The van der Waals surface area contributed by atoms with Crippen LogP contribution in [0, 0.1) is 29.1 Å². The van der Waals surface area contributed by atoms with E-state index in [1.165, 1.54) is 5.57 Å². The Kier molecular flexibility index (Phi) is 12.7. The zero-order valence-electron chi connectivity index (χ0n) is 25.8. The van der Waals surface area contributed by atoms with E-state index in [0.717, 1.165) is 6.42 Å². The van der Waals surface area contributed by atoms with Gasteiger partial charge >= 0.3 is 19.5 Å². The highest BCUT2D eigenvalue weighted by atomic mass is 31.2. The van der Waals surface area contributed by atoms with Gasteiger partial charge in [-0.25, -0.2) is 0 Å². The Hall–Kier alpha value is -1.51. The third kappa shape index (κ3) is 9.49. The van der Waals surface area contributed by atoms with Gasteiger partial charge in [0.2, 0.25) is 0 Å². The van der Waals surface area contributed by atoms with Crippen LogP contribution in [0.15, 0.2) is 23.8 Å². The second-order valence-electron chi connectivity index (χ2n) is 12.4. The maximum atomic E-state index is 13.3. The van der Waals surface area contributed by atoms with E-state index in [1.807, 2.05) is 34.6 Å². The van der Waals surface area contributed by atoms with E-state index in [4.69, 9.17) is 18.5 Å². The molecule has 3 aliphatic rings. The number of carbonyl (C=O) groups excluding carboxylic acids is 2. The molecule has 1 aliphatic heterocycles. The van der Waals surface area contributed by atoms with Gasteiger partial charge in [-0.15, -0.1) is 0 Å². The van der Waals surface area contributed by atoms with Crippen molar-refractivity contribution in [1.29, 1.82) is 0 Å². The van der Waals surface area contributed by atoms with Gasteiger partial charge in [-0.1, -0.05) is 32.1 Å². The number of nitrogens with one attached hydrogen (secondary N) is 1. The molecule has 0 amide bonds. The van der Waals surface area contributed by atoms with Crippen molar-refractivity contribution in [2.75, 3.05) is 32.5 Å². The zero-order valence-corrected chi connectivity index (χ0v) is 26.7. The van der Waals surface area contributed by atoms with Gasteiger partial charge in [0.25, 0.3) is 0 Å². The Morgan fingerprint density at radius 1 is 1.17 bits per heavy atom. The second kappa shape index (κ2) is 15.3. The Balaban J connectivity index is 1.74. The highest BCUT2D eigenvalue weighted by Crippen LogP contribution is 2.48. The molecule has 41 heavy (non-hydrogen) atoms. The molecule has 10 heteroatoms. The van der Waals surface area contributed by atoms with E-state index in [9.17, 15) is 19.3 Å². The molecule has 0 aromatic heterocycles. The number of esters is 2. The minimum atomic E-state index is -3.11. The van der Waals surface area contributed by atoms with Gasteiger partial charge in [0, 0.05) is 25.4 Å². The number of aliphatic hydroxyl groups excluding tert-OH is 1. The fourth-order valence-electron chi connectivity index (χ4n) is 6.16. The van der Waals surface area contributed by atoms with Crippen molar-refractivity contribution in [2.45, 2.75) is 98.4 Å². The number of aliphatic hydroxyl groups is 1. The van der Waals surface area contributed by atoms with Gasteiger partial charge in [-0.2, -0.15) is 0 Å². The molecule has 234 valence electrons. The van der Waals surface area contributed by atoms with Crippen LogP contribution in [0.3, 0.4) is 0 Å². The Morgan fingerprint density at radius 2 is 1.88 bits per heavy atom. The lowest BCUT2D eigenvalue weighted by Crippen LogP contribution is -2.44. The van der Waals surface area contributed by atoms with Crippen molar-refractivity contribution in [3.63, 3.8) is 0 Å². The van der Waals surface area contributed by atoms with Crippen LogP contribution < -0.4 is 5.32 Å². The normalized spacial score (nSPS) is 30.4. The first kappa shape index (κ1) is 34.0. The average Bonchev–Trinajstić information content (AvgIpc) is 2.90. The van der Waals surface area contributed by atoms with Gasteiger partial charge in [0.1, 0.15) is 12.2 Å². The number of cyclic esters (lactones) is 1. The van der Waals surface area contributed by atoms with Crippen molar-refractivity contribution in [3.8, 4) is 0 Å². The Bertz CT molecular complexity index is 985. The monoisotopic (exact) mass is 597 g/mol. The molecule has 3 rings (SSSR count). The first-order valence-electron chi connectivity index (χ1n) is 15.5. The van der Waals surface area contributed by atoms with Crippen molar-refractivity contribution in [3.05, 3.63) is 23.8 Å². The molecule has 0 aromatic rings. The lowest BCUT2D eigenvalue weighted by Gasteiger charge is -2.44. The van der Waals surface area contributed by atoms with Gasteiger partial charge in [-0.3, -0.25) is 14.2 Å². The van der Waals surface area contributed by atoms with Crippen molar-refractivity contribution >= 4 is 19.5 Å². The molecule has 2 N–H and O–H groups in total. The molecule has 1 fully saturated rings. The summed E-state index contributed by atoms with van der Waals surface area (Å²) in [6.45, 7) is 13.5. The summed E-state index contributed by atoms with van der Waals surface area (Å²) in [5.41, 5.74) is 0.598. The predicted molar refractivity (Wildman–Crippen MR) is 158 cm³/mol. The standard InChI is InChI=1S/C31H52NO8P/c1-7-31(5,6)30(35)40-27-17-22(20-32-14-15-41(36,37-8-2)38-9-3)16-23-11-10-21(4)26(29(23)27)13-12-25-18-24(33)19-28(34)39-25/h10-11,16,21-22,24-27,29,32-33H,7-9,12-15,17-20H2,1-6H3/t21-,22-,24+,25+,26-,27-,29-/m0/s1. The lowest BCUT2D eigenvalue weighted by atomic mass is 9.65.